The van der Waals surface area contributed by atoms with E-state index in [2.05, 4.69) is 12.1 Å². The summed E-state index contributed by atoms with van der Waals surface area (Å²) in [4.78, 5) is 54.3. The Morgan fingerprint density at radius 3 is 2.07 bits per heavy atom. The highest BCUT2D eigenvalue weighted by atomic mass is 16.5. The molecule has 4 aromatic rings. The van der Waals surface area contributed by atoms with Crippen molar-refractivity contribution in [3.63, 3.8) is 0 Å². The average Bonchev–Trinajstić information content (AvgIpc) is 3.75. The molecule has 226 valence electrons. The molecule has 2 saturated carbocycles. The second kappa shape index (κ2) is 11.8. The minimum atomic E-state index is -1.01. The fraction of sp³-hybridized carbons (Fsp3) is 0.263. The lowest BCUT2D eigenvalue weighted by Gasteiger charge is -2.28. The molecule has 4 aromatic carbocycles. The number of ether oxygens (including phenoxy) is 2. The average molecular weight is 600 g/mol. The number of anilines is 1. The molecule has 0 radical (unpaired) electrons. The Labute approximate surface area is 261 Å². The molecule has 7 rings (SSSR count). The smallest absolute Gasteiger partial charge is 0.338 e. The highest BCUT2D eigenvalue weighted by Gasteiger charge is 2.64. The lowest BCUT2D eigenvalue weighted by molar-refractivity contribution is -0.123. The number of ketones is 1. The van der Waals surface area contributed by atoms with E-state index in [4.69, 9.17) is 9.47 Å². The van der Waals surface area contributed by atoms with E-state index in [1.807, 2.05) is 48.5 Å². The van der Waals surface area contributed by atoms with Crippen LogP contribution >= 0.6 is 0 Å². The van der Waals surface area contributed by atoms with E-state index in [9.17, 15) is 19.2 Å². The van der Waals surface area contributed by atoms with Crippen molar-refractivity contribution >= 4 is 29.3 Å². The van der Waals surface area contributed by atoms with Crippen LogP contribution in [0.1, 0.15) is 57.5 Å². The van der Waals surface area contributed by atoms with Crippen molar-refractivity contribution in [2.24, 2.45) is 23.7 Å². The number of Topliss-reactive ketones (excluding diaryl/α,β-unsaturated/α-hetero) is 1. The minimum absolute atomic E-state index is 0.143. The Bertz CT molecular complexity index is 1730. The fourth-order valence-electron chi connectivity index (χ4n) is 7.52. The van der Waals surface area contributed by atoms with Gasteiger partial charge in [-0.05, 0) is 97.2 Å². The van der Waals surface area contributed by atoms with Crippen molar-refractivity contribution in [2.75, 3.05) is 4.90 Å². The third-order valence-electron chi connectivity index (χ3n) is 9.64. The van der Waals surface area contributed by atoms with Crippen molar-refractivity contribution in [1.82, 2.24) is 0 Å². The monoisotopic (exact) mass is 599 g/mol. The molecule has 2 aliphatic carbocycles. The largest absolute Gasteiger partial charge is 0.489 e. The zero-order valence-corrected chi connectivity index (χ0v) is 24.9. The number of fused-ring (bicyclic) bond motifs is 5. The number of rotatable bonds is 9. The molecule has 0 spiro atoms. The Kier molecular flexibility index (Phi) is 7.53. The summed E-state index contributed by atoms with van der Waals surface area (Å²) >= 11 is 0. The summed E-state index contributed by atoms with van der Waals surface area (Å²) in [5.41, 5.74) is 3.36. The number of benzene rings is 4. The van der Waals surface area contributed by atoms with Gasteiger partial charge in [-0.15, -0.1) is 0 Å². The van der Waals surface area contributed by atoms with Gasteiger partial charge in [0, 0.05) is 5.56 Å². The third-order valence-corrected chi connectivity index (χ3v) is 9.64. The molecule has 3 aliphatic rings. The zero-order chi connectivity index (χ0) is 31.1. The van der Waals surface area contributed by atoms with Gasteiger partial charge in [-0.2, -0.15) is 0 Å². The number of amides is 2. The van der Waals surface area contributed by atoms with Crippen LogP contribution in [0.15, 0.2) is 109 Å². The summed E-state index contributed by atoms with van der Waals surface area (Å²) in [7, 11) is 0. The summed E-state index contributed by atoms with van der Waals surface area (Å²) in [5, 5.41) is 0. The van der Waals surface area contributed by atoms with Gasteiger partial charge in [-0.1, -0.05) is 60.7 Å². The number of nitrogens with zero attached hydrogens (tertiary/aromatic N) is 1. The summed E-state index contributed by atoms with van der Waals surface area (Å²) in [6.45, 7) is 1.95. The van der Waals surface area contributed by atoms with Crippen molar-refractivity contribution < 1.29 is 28.7 Å². The molecular weight excluding hydrogens is 566 g/mol. The maximum Gasteiger partial charge on any atom is 0.338 e. The molecule has 2 amide bonds. The predicted octanol–water partition coefficient (Wildman–Crippen LogP) is 6.62. The van der Waals surface area contributed by atoms with Crippen LogP contribution in [0.3, 0.4) is 0 Å². The quantitative estimate of drug-likeness (QED) is 0.122. The first-order chi connectivity index (χ1) is 21.9. The van der Waals surface area contributed by atoms with Gasteiger partial charge in [0.25, 0.3) is 0 Å². The van der Waals surface area contributed by atoms with Gasteiger partial charge in [0.1, 0.15) is 12.4 Å². The zero-order valence-electron chi connectivity index (χ0n) is 24.9. The Morgan fingerprint density at radius 2 is 1.38 bits per heavy atom. The molecule has 0 unspecified atom stereocenters. The van der Waals surface area contributed by atoms with E-state index in [0.717, 1.165) is 18.4 Å². The van der Waals surface area contributed by atoms with Crippen LogP contribution in [-0.4, -0.2) is 29.7 Å². The van der Waals surface area contributed by atoms with Gasteiger partial charge in [-0.3, -0.25) is 19.3 Å². The van der Waals surface area contributed by atoms with Crippen molar-refractivity contribution in [1.29, 1.82) is 0 Å². The van der Waals surface area contributed by atoms with Crippen LogP contribution in [0, 0.1) is 23.7 Å². The van der Waals surface area contributed by atoms with Gasteiger partial charge in [0.15, 0.2) is 6.10 Å². The van der Waals surface area contributed by atoms with Crippen LogP contribution in [0.5, 0.6) is 5.75 Å². The standard InChI is InChI=1S/C38H33NO6/c1-23(35(40)26-14-18-30(19-15-26)44-22-24-8-4-2-5-9-24)45-38(43)27-12-16-29(17-13-27)39-36(41)33-28-20-31(25-10-6-3-7-11-25)32(21-28)34(33)37(39)42/h2-19,23,28,31-34H,20-22H2,1H3/t23-,28+,31+,32+,33+,34-/m0/s1. The molecule has 1 aliphatic heterocycles. The van der Waals surface area contributed by atoms with Gasteiger partial charge in [0.2, 0.25) is 17.6 Å². The lowest BCUT2D eigenvalue weighted by atomic mass is 9.73. The normalized spacial score (nSPS) is 23.9. The molecule has 7 nitrogen and oxygen atoms in total. The summed E-state index contributed by atoms with van der Waals surface area (Å²) in [5.74, 6) is -0.578. The highest BCUT2D eigenvalue weighted by molar-refractivity contribution is 6.22. The van der Waals surface area contributed by atoms with Crippen molar-refractivity contribution in [2.45, 2.75) is 38.4 Å². The van der Waals surface area contributed by atoms with Crippen molar-refractivity contribution in [3.8, 4) is 5.75 Å². The molecule has 1 heterocycles. The van der Waals surface area contributed by atoms with Gasteiger partial charge >= 0.3 is 5.97 Å². The number of hydrogen-bond acceptors (Lipinski definition) is 6. The van der Waals surface area contributed by atoms with E-state index < -0.39 is 12.1 Å². The molecule has 45 heavy (non-hydrogen) atoms. The van der Waals surface area contributed by atoms with E-state index in [-0.39, 0.29) is 46.8 Å². The van der Waals surface area contributed by atoms with E-state index in [1.165, 1.54) is 29.5 Å². The second-order valence-corrected chi connectivity index (χ2v) is 12.2. The third kappa shape index (κ3) is 5.33. The molecule has 2 bridgehead atoms. The van der Waals surface area contributed by atoms with Gasteiger partial charge in [0.05, 0.1) is 23.1 Å². The first kappa shape index (κ1) is 28.7. The number of carbonyl (C=O) groups excluding carboxylic acids is 4. The topological polar surface area (TPSA) is 90.0 Å². The maximum absolute atomic E-state index is 13.6. The molecule has 3 fully saturated rings. The maximum atomic E-state index is 13.6. The number of esters is 1. The Balaban J connectivity index is 0.969. The summed E-state index contributed by atoms with van der Waals surface area (Å²) in [6, 6.07) is 33.0. The van der Waals surface area contributed by atoms with Gasteiger partial charge in [-0.25, -0.2) is 4.79 Å². The molecule has 0 aromatic heterocycles. The van der Waals surface area contributed by atoms with Crippen LogP contribution in [-0.2, 0) is 20.9 Å². The van der Waals surface area contributed by atoms with Crippen LogP contribution in [0.25, 0.3) is 0 Å². The van der Waals surface area contributed by atoms with Crippen LogP contribution in [0.2, 0.25) is 0 Å². The van der Waals surface area contributed by atoms with E-state index in [0.29, 0.717) is 29.5 Å². The number of imide groups is 1. The van der Waals surface area contributed by atoms with E-state index >= 15 is 0 Å². The first-order valence-electron chi connectivity index (χ1n) is 15.4. The highest BCUT2D eigenvalue weighted by Crippen LogP contribution is 2.61. The lowest BCUT2D eigenvalue weighted by Crippen LogP contribution is -2.33. The van der Waals surface area contributed by atoms with E-state index in [1.54, 1.807) is 36.4 Å². The van der Waals surface area contributed by atoms with Crippen LogP contribution in [0.4, 0.5) is 5.69 Å². The summed E-state index contributed by atoms with van der Waals surface area (Å²) in [6.07, 6.45) is 0.826. The minimum Gasteiger partial charge on any atom is -0.489 e. The molecule has 6 atom stereocenters. The number of carbonyl (C=O) groups is 4. The summed E-state index contributed by atoms with van der Waals surface area (Å²) < 4.78 is 11.3. The predicted molar refractivity (Wildman–Crippen MR) is 168 cm³/mol. The molecular formula is C38H33NO6. The molecule has 1 saturated heterocycles. The first-order valence-corrected chi connectivity index (χ1v) is 15.4. The SMILES string of the molecule is C[C@H](OC(=O)c1ccc(N2C(=O)[C@@H]3[C@H]4C[C@@H]([C@@H]3C2=O)[C@@H](c2ccccc2)C4)cc1)C(=O)c1ccc(OCc2ccccc2)cc1. The van der Waals surface area contributed by atoms with Gasteiger partial charge < -0.3 is 9.47 Å². The number of hydrogen-bond donors (Lipinski definition) is 0. The Morgan fingerprint density at radius 1 is 0.756 bits per heavy atom. The second-order valence-electron chi connectivity index (χ2n) is 12.2. The molecule has 7 heteroatoms. The molecule has 0 N–H and O–H groups in total. The Hall–Kier alpha value is -5.04. The van der Waals surface area contributed by atoms with Crippen LogP contribution < -0.4 is 9.64 Å². The fourth-order valence-corrected chi connectivity index (χ4v) is 7.52. The van der Waals surface area contributed by atoms with Crippen molar-refractivity contribution in [3.05, 3.63) is 131 Å².